The molecule has 2 N–H and O–H groups in total. The van der Waals surface area contributed by atoms with Crippen LogP contribution in [0.25, 0.3) is 4.85 Å². The average Bonchev–Trinajstić information content (AvgIpc) is 2.65. The number of hydrogen-bond acceptors (Lipinski definition) is 5. The smallest absolute Gasteiger partial charge is 0.407 e. The van der Waals surface area contributed by atoms with E-state index in [1.54, 1.807) is 6.07 Å². The highest BCUT2D eigenvalue weighted by Crippen LogP contribution is 2.20. The van der Waals surface area contributed by atoms with Crippen molar-refractivity contribution in [3.05, 3.63) is 57.8 Å². The van der Waals surface area contributed by atoms with Gasteiger partial charge in [-0.3, -0.25) is 0 Å². The summed E-state index contributed by atoms with van der Waals surface area (Å²) in [5, 5.41) is 16.1. The molecule has 2 rings (SSSR count). The van der Waals surface area contributed by atoms with Gasteiger partial charge in [0.05, 0.1) is 12.6 Å². The Labute approximate surface area is 177 Å². The van der Waals surface area contributed by atoms with Gasteiger partial charge in [-0.1, -0.05) is 29.8 Å². The van der Waals surface area contributed by atoms with E-state index in [1.807, 2.05) is 49.9 Å². The Morgan fingerprint density at radius 1 is 1.45 bits per heavy atom. The Kier molecular flexibility index (Phi) is 7.75. The van der Waals surface area contributed by atoms with Crippen molar-refractivity contribution in [3.63, 3.8) is 0 Å². The van der Waals surface area contributed by atoms with Crippen LogP contribution in [0.2, 0.25) is 5.02 Å². The van der Waals surface area contributed by atoms with Gasteiger partial charge in [0, 0.05) is 30.7 Å². The van der Waals surface area contributed by atoms with E-state index in [1.165, 1.54) is 0 Å². The highest BCUT2D eigenvalue weighted by molar-refractivity contribution is 6.31. The first-order valence-electron chi connectivity index (χ1n) is 9.47. The lowest BCUT2D eigenvalue weighted by molar-refractivity contribution is 0.0478. The van der Waals surface area contributed by atoms with Gasteiger partial charge < -0.3 is 20.3 Å². The van der Waals surface area contributed by atoms with Crippen molar-refractivity contribution in [1.29, 1.82) is 5.26 Å². The minimum Gasteiger partial charge on any atom is -0.444 e. The predicted molar refractivity (Wildman–Crippen MR) is 111 cm³/mol. The summed E-state index contributed by atoms with van der Waals surface area (Å²) >= 11 is 6.22. The van der Waals surface area contributed by atoms with Crippen LogP contribution in [-0.2, 0) is 11.3 Å². The standard InChI is InChI=1S/C21H26ClN5O2/c1-21(2,3)29-20(28)26-16-9-7-11-27(14-16)19(18(12-23)24-4)25-13-15-8-5-6-10-17(15)22/h5-6,8,10,16,25H,7,9,11,13-14H2,1-3H3,(H,26,28)/b19-18-/t16-/m1/s1. The number of carbonyl (C=O) groups is 1. The maximum absolute atomic E-state index is 12.1. The molecule has 0 radical (unpaired) electrons. The lowest BCUT2D eigenvalue weighted by Crippen LogP contribution is -2.50. The first kappa shape index (κ1) is 22.4. The summed E-state index contributed by atoms with van der Waals surface area (Å²) in [5.41, 5.74) is 0.280. The molecule has 1 atom stereocenters. The largest absolute Gasteiger partial charge is 0.444 e. The van der Waals surface area contributed by atoms with Crippen molar-refractivity contribution >= 4 is 17.7 Å². The van der Waals surface area contributed by atoms with Crippen molar-refractivity contribution in [2.75, 3.05) is 13.1 Å². The van der Waals surface area contributed by atoms with E-state index in [4.69, 9.17) is 22.9 Å². The van der Waals surface area contributed by atoms with Crippen LogP contribution in [0.1, 0.15) is 39.2 Å². The van der Waals surface area contributed by atoms with Gasteiger partial charge in [-0.2, -0.15) is 0 Å². The second kappa shape index (κ2) is 10.0. The minimum absolute atomic E-state index is 0.0185. The number of hydrogen-bond donors (Lipinski definition) is 2. The first-order valence-corrected chi connectivity index (χ1v) is 9.85. The summed E-state index contributed by atoms with van der Waals surface area (Å²) in [5.74, 6) is 0.457. The molecule has 0 saturated carbocycles. The molecule has 7 nitrogen and oxygen atoms in total. The molecule has 1 aromatic rings. The maximum Gasteiger partial charge on any atom is 0.407 e. The third-order valence-corrected chi connectivity index (χ3v) is 4.67. The van der Waals surface area contributed by atoms with E-state index in [0.717, 1.165) is 18.4 Å². The average molecular weight is 416 g/mol. The highest BCUT2D eigenvalue weighted by atomic mass is 35.5. The Bertz CT molecular complexity index is 832. The van der Waals surface area contributed by atoms with Crippen molar-refractivity contribution in [2.45, 2.75) is 51.8 Å². The number of ether oxygens (including phenoxy) is 1. The molecule has 0 spiro atoms. The molecule has 0 aromatic heterocycles. The Balaban J connectivity index is 2.12. The molecule has 1 fully saturated rings. The van der Waals surface area contributed by atoms with E-state index < -0.39 is 11.7 Å². The van der Waals surface area contributed by atoms with Gasteiger partial charge in [0.1, 0.15) is 11.4 Å². The summed E-state index contributed by atoms with van der Waals surface area (Å²) in [6.07, 6.45) is 1.15. The number of nitrogens with one attached hydrogen (secondary N) is 2. The van der Waals surface area contributed by atoms with Crippen LogP contribution < -0.4 is 10.6 Å². The summed E-state index contributed by atoms with van der Waals surface area (Å²) in [6, 6.07) is 9.24. The minimum atomic E-state index is -0.571. The van der Waals surface area contributed by atoms with Crippen molar-refractivity contribution in [1.82, 2.24) is 15.5 Å². The first-order chi connectivity index (χ1) is 13.7. The number of rotatable bonds is 5. The van der Waals surface area contributed by atoms with Crippen LogP contribution in [0.5, 0.6) is 0 Å². The molecule has 1 saturated heterocycles. The molecule has 1 aliphatic rings. The SMILES string of the molecule is [C-]#[N+]/C(C#N)=C(/NCc1ccccc1Cl)N1CCC[C@@H](NC(=O)OC(C)(C)C)C1. The number of nitriles is 1. The number of benzene rings is 1. The number of amides is 1. The fourth-order valence-electron chi connectivity index (χ4n) is 3.07. The molecule has 154 valence electrons. The molecular formula is C21H26ClN5O2. The number of carbonyl (C=O) groups excluding carboxylic acids is 1. The third kappa shape index (κ3) is 6.89. The van der Waals surface area contributed by atoms with Gasteiger partial charge in [-0.25, -0.2) is 14.9 Å². The lowest BCUT2D eigenvalue weighted by atomic mass is 10.1. The van der Waals surface area contributed by atoms with Gasteiger partial charge in [0.15, 0.2) is 0 Å². The van der Waals surface area contributed by atoms with Crippen LogP contribution >= 0.6 is 11.6 Å². The molecule has 1 heterocycles. The van der Waals surface area contributed by atoms with Gasteiger partial charge in [0.25, 0.3) is 5.70 Å². The lowest BCUT2D eigenvalue weighted by Gasteiger charge is -2.37. The van der Waals surface area contributed by atoms with Crippen molar-refractivity contribution < 1.29 is 9.53 Å². The summed E-state index contributed by atoms with van der Waals surface area (Å²) in [6.45, 7) is 14.3. The van der Waals surface area contributed by atoms with E-state index >= 15 is 0 Å². The zero-order chi connectivity index (χ0) is 21.4. The third-order valence-electron chi connectivity index (χ3n) is 4.30. The Morgan fingerprint density at radius 2 is 2.17 bits per heavy atom. The van der Waals surface area contributed by atoms with Crippen molar-refractivity contribution in [3.8, 4) is 6.07 Å². The quantitative estimate of drug-likeness (QED) is 0.560. The maximum atomic E-state index is 12.1. The molecule has 0 unspecified atom stereocenters. The van der Waals surface area contributed by atoms with Crippen LogP contribution in [-0.4, -0.2) is 35.7 Å². The zero-order valence-electron chi connectivity index (χ0n) is 17.0. The number of piperidine rings is 1. The number of alkyl carbamates (subject to hydrolysis) is 1. The fourth-order valence-corrected chi connectivity index (χ4v) is 3.27. The van der Waals surface area contributed by atoms with Crippen molar-refractivity contribution in [2.24, 2.45) is 0 Å². The fraction of sp³-hybridized carbons (Fsp3) is 0.476. The summed E-state index contributed by atoms with van der Waals surface area (Å²) < 4.78 is 5.33. The molecule has 1 aliphatic heterocycles. The predicted octanol–water partition coefficient (Wildman–Crippen LogP) is 4.03. The van der Waals surface area contributed by atoms with Crippen LogP contribution in [0.3, 0.4) is 0 Å². The monoisotopic (exact) mass is 415 g/mol. The summed E-state index contributed by atoms with van der Waals surface area (Å²) in [7, 11) is 0. The Hall–Kier alpha value is -2.90. The zero-order valence-corrected chi connectivity index (χ0v) is 17.7. The van der Waals surface area contributed by atoms with Gasteiger partial charge in [0.2, 0.25) is 0 Å². The number of allylic oxidation sites excluding steroid dienone is 1. The molecule has 29 heavy (non-hydrogen) atoms. The molecule has 0 bridgehead atoms. The van der Waals surface area contributed by atoms with Crippen LogP contribution in [0.15, 0.2) is 35.8 Å². The van der Waals surface area contributed by atoms with E-state index in [9.17, 15) is 10.1 Å². The van der Waals surface area contributed by atoms with Gasteiger partial charge >= 0.3 is 6.09 Å². The topological polar surface area (TPSA) is 81.8 Å². The Morgan fingerprint density at radius 3 is 2.79 bits per heavy atom. The number of halogens is 1. The van der Waals surface area contributed by atoms with E-state index in [0.29, 0.717) is 30.5 Å². The molecule has 0 aliphatic carbocycles. The molecule has 1 amide bonds. The normalized spacial score (nSPS) is 17.4. The second-order valence-electron chi connectivity index (χ2n) is 7.80. The molecule has 1 aromatic carbocycles. The van der Waals surface area contributed by atoms with Crippen LogP contribution in [0.4, 0.5) is 4.79 Å². The molecule has 8 heteroatoms. The number of likely N-dealkylation sites (tertiary alicyclic amines) is 1. The number of nitrogens with zero attached hydrogens (tertiary/aromatic N) is 3. The molecular weight excluding hydrogens is 390 g/mol. The second-order valence-corrected chi connectivity index (χ2v) is 8.20. The van der Waals surface area contributed by atoms with Gasteiger partial charge in [-0.05, 0) is 45.2 Å². The van der Waals surface area contributed by atoms with E-state index in [2.05, 4.69) is 15.5 Å². The summed E-state index contributed by atoms with van der Waals surface area (Å²) in [4.78, 5) is 17.4. The highest BCUT2D eigenvalue weighted by Gasteiger charge is 2.26. The van der Waals surface area contributed by atoms with Crippen LogP contribution in [0, 0.1) is 17.9 Å². The van der Waals surface area contributed by atoms with Gasteiger partial charge in [-0.15, -0.1) is 0 Å². The van der Waals surface area contributed by atoms with E-state index in [-0.39, 0.29) is 11.7 Å².